The number of para-hydroxylation sites is 2. The maximum absolute atomic E-state index is 2.38. The van der Waals surface area contributed by atoms with Crippen LogP contribution in [-0.4, -0.2) is 4.57 Å². The maximum atomic E-state index is 2.38. The van der Waals surface area contributed by atoms with Gasteiger partial charge >= 0.3 is 0 Å². The summed E-state index contributed by atoms with van der Waals surface area (Å²) in [5.41, 5.74) is 16.1. The van der Waals surface area contributed by atoms with Gasteiger partial charge in [-0.05, 0) is 86.3 Å². The van der Waals surface area contributed by atoms with E-state index in [1.54, 1.807) is 0 Å². The van der Waals surface area contributed by atoms with Gasteiger partial charge in [0.25, 0.3) is 0 Å². The first-order valence-electron chi connectivity index (χ1n) is 17.3. The molecule has 9 rings (SSSR count). The Kier molecular flexibility index (Phi) is 7.64. The summed E-state index contributed by atoms with van der Waals surface area (Å²) in [7, 11) is 0. The summed E-state index contributed by atoms with van der Waals surface area (Å²) >= 11 is 0. The Bertz CT molecular complexity index is 2540. The van der Waals surface area contributed by atoms with Crippen molar-refractivity contribution in [2.75, 3.05) is 0 Å². The fourth-order valence-corrected chi connectivity index (χ4v) is 7.21. The molecule has 0 atom stereocenters. The van der Waals surface area contributed by atoms with Crippen LogP contribution in [0.4, 0.5) is 0 Å². The highest BCUT2D eigenvalue weighted by atomic mass is 15.0. The van der Waals surface area contributed by atoms with E-state index in [9.17, 15) is 0 Å². The normalized spacial score (nSPS) is 11.3. The van der Waals surface area contributed by atoms with E-state index >= 15 is 0 Å². The molecule has 50 heavy (non-hydrogen) atoms. The number of rotatable bonds is 7. The Morgan fingerprint density at radius 1 is 0.280 bits per heavy atom. The molecular formula is C49H35N. The highest BCUT2D eigenvalue weighted by molar-refractivity contribution is 6.10. The lowest BCUT2D eigenvalue weighted by Gasteiger charge is -2.10. The zero-order chi connectivity index (χ0) is 33.3. The third-order valence-electron chi connectivity index (χ3n) is 9.88. The summed E-state index contributed by atoms with van der Waals surface area (Å²) < 4.78 is 2.38. The monoisotopic (exact) mass is 637 g/mol. The topological polar surface area (TPSA) is 4.93 Å². The fourth-order valence-electron chi connectivity index (χ4n) is 7.21. The highest BCUT2D eigenvalue weighted by Crippen LogP contribution is 2.35. The fraction of sp³-hybridized carbons (Fsp3) is 0.0204. The summed E-state index contributed by atoms with van der Waals surface area (Å²) in [4.78, 5) is 0. The van der Waals surface area contributed by atoms with E-state index in [1.165, 1.54) is 83.1 Å². The number of fused-ring (bicyclic) bond motifs is 3. The third kappa shape index (κ3) is 5.70. The van der Waals surface area contributed by atoms with Crippen LogP contribution in [0, 0.1) is 0 Å². The van der Waals surface area contributed by atoms with Crippen molar-refractivity contribution in [1.82, 2.24) is 4.57 Å². The Morgan fingerprint density at radius 2 is 0.660 bits per heavy atom. The third-order valence-corrected chi connectivity index (χ3v) is 9.88. The van der Waals surface area contributed by atoms with E-state index in [0.717, 1.165) is 6.42 Å². The van der Waals surface area contributed by atoms with Gasteiger partial charge in [0, 0.05) is 16.5 Å². The molecule has 1 nitrogen and oxygen atoms in total. The van der Waals surface area contributed by atoms with Crippen LogP contribution in [0.1, 0.15) is 11.1 Å². The van der Waals surface area contributed by atoms with Gasteiger partial charge in [-0.1, -0.05) is 176 Å². The zero-order valence-corrected chi connectivity index (χ0v) is 27.7. The van der Waals surface area contributed by atoms with Crippen LogP contribution >= 0.6 is 0 Å². The smallest absolute Gasteiger partial charge is 0.0547 e. The molecule has 9 aromatic rings. The molecule has 1 aromatic heterocycles. The van der Waals surface area contributed by atoms with Gasteiger partial charge in [-0.25, -0.2) is 0 Å². The molecule has 0 bridgehead atoms. The van der Waals surface area contributed by atoms with Gasteiger partial charge < -0.3 is 4.57 Å². The Morgan fingerprint density at radius 3 is 1.20 bits per heavy atom. The molecular weight excluding hydrogens is 603 g/mol. The highest BCUT2D eigenvalue weighted by Gasteiger charge is 2.13. The molecule has 0 aliphatic carbocycles. The van der Waals surface area contributed by atoms with E-state index in [-0.39, 0.29) is 0 Å². The molecule has 0 spiro atoms. The van der Waals surface area contributed by atoms with Crippen LogP contribution < -0.4 is 0 Å². The lowest BCUT2D eigenvalue weighted by Crippen LogP contribution is -1.93. The van der Waals surface area contributed by atoms with Gasteiger partial charge in [0.05, 0.1) is 11.0 Å². The van der Waals surface area contributed by atoms with E-state index in [2.05, 4.69) is 205 Å². The van der Waals surface area contributed by atoms with Crippen LogP contribution in [0.5, 0.6) is 0 Å². The summed E-state index contributed by atoms with van der Waals surface area (Å²) in [5.74, 6) is 0. The molecule has 1 heterocycles. The van der Waals surface area contributed by atoms with Gasteiger partial charge in [0.2, 0.25) is 0 Å². The van der Waals surface area contributed by atoms with Crippen LogP contribution in [0.25, 0.3) is 72.0 Å². The minimum atomic E-state index is 0.925. The van der Waals surface area contributed by atoms with Crippen molar-refractivity contribution in [3.63, 3.8) is 0 Å². The molecule has 8 aromatic carbocycles. The Balaban J connectivity index is 0.917. The molecule has 0 radical (unpaired) electrons. The van der Waals surface area contributed by atoms with Crippen molar-refractivity contribution < 1.29 is 0 Å². The number of hydrogen-bond donors (Lipinski definition) is 0. The molecule has 0 unspecified atom stereocenters. The lowest BCUT2D eigenvalue weighted by atomic mass is 9.96. The van der Waals surface area contributed by atoms with Crippen LogP contribution in [0.15, 0.2) is 200 Å². The first-order chi connectivity index (χ1) is 24.8. The summed E-state index contributed by atoms with van der Waals surface area (Å²) in [6.07, 6.45) is 0.925. The van der Waals surface area contributed by atoms with Crippen LogP contribution in [0.3, 0.4) is 0 Å². The average Bonchev–Trinajstić information content (AvgIpc) is 3.53. The van der Waals surface area contributed by atoms with Crippen molar-refractivity contribution >= 4 is 21.8 Å². The van der Waals surface area contributed by atoms with E-state index < -0.39 is 0 Å². The van der Waals surface area contributed by atoms with Crippen molar-refractivity contribution in [2.24, 2.45) is 0 Å². The molecule has 1 heteroatoms. The van der Waals surface area contributed by atoms with Gasteiger partial charge in [0.15, 0.2) is 0 Å². The Labute approximate surface area is 293 Å². The minimum Gasteiger partial charge on any atom is -0.309 e. The maximum Gasteiger partial charge on any atom is 0.0547 e. The minimum absolute atomic E-state index is 0.925. The quantitative estimate of drug-likeness (QED) is 0.164. The molecule has 0 N–H and O–H groups in total. The molecule has 0 amide bonds. The molecule has 0 aliphatic rings. The molecule has 0 saturated heterocycles. The summed E-state index contributed by atoms with van der Waals surface area (Å²) in [6.45, 7) is 0. The molecule has 0 aliphatic heterocycles. The first kappa shape index (κ1) is 29.7. The second-order valence-corrected chi connectivity index (χ2v) is 13.0. The summed E-state index contributed by atoms with van der Waals surface area (Å²) in [6, 6.07) is 72.6. The number of benzene rings is 8. The second kappa shape index (κ2) is 12.9. The van der Waals surface area contributed by atoms with Crippen LogP contribution in [0.2, 0.25) is 0 Å². The van der Waals surface area contributed by atoms with Crippen molar-refractivity contribution in [3.8, 4) is 50.2 Å². The largest absolute Gasteiger partial charge is 0.309 e. The van der Waals surface area contributed by atoms with Gasteiger partial charge in [-0.3, -0.25) is 0 Å². The summed E-state index contributed by atoms with van der Waals surface area (Å²) in [5, 5.41) is 2.55. The van der Waals surface area contributed by atoms with Crippen molar-refractivity contribution in [3.05, 3.63) is 211 Å². The van der Waals surface area contributed by atoms with Gasteiger partial charge in [-0.15, -0.1) is 0 Å². The van der Waals surface area contributed by atoms with Gasteiger partial charge in [0.1, 0.15) is 0 Å². The SMILES string of the molecule is c1ccc(-c2ccc(Cc3ccc(-c4ccc(-c5ccc(-c6ccc7c8ccccc8n(-c8ccccc8)c7c6)cc5)cc4)cc3)cc2)cc1. The van der Waals surface area contributed by atoms with E-state index in [0.29, 0.717) is 0 Å². The zero-order valence-electron chi connectivity index (χ0n) is 27.7. The molecule has 0 fully saturated rings. The Hall–Kier alpha value is -6.44. The predicted molar refractivity (Wildman–Crippen MR) is 212 cm³/mol. The predicted octanol–water partition coefficient (Wildman–Crippen LogP) is 13.0. The second-order valence-electron chi connectivity index (χ2n) is 13.0. The first-order valence-corrected chi connectivity index (χ1v) is 17.3. The van der Waals surface area contributed by atoms with E-state index in [1.807, 2.05) is 0 Å². The average molecular weight is 638 g/mol. The van der Waals surface area contributed by atoms with Gasteiger partial charge in [-0.2, -0.15) is 0 Å². The number of aromatic nitrogens is 1. The molecule has 236 valence electrons. The van der Waals surface area contributed by atoms with Crippen molar-refractivity contribution in [2.45, 2.75) is 6.42 Å². The van der Waals surface area contributed by atoms with Crippen LogP contribution in [-0.2, 0) is 6.42 Å². The van der Waals surface area contributed by atoms with Crippen molar-refractivity contribution in [1.29, 1.82) is 0 Å². The van der Waals surface area contributed by atoms with E-state index in [4.69, 9.17) is 0 Å². The lowest BCUT2D eigenvalue weighted by molar-refractivity contribution is 1.18. The standard InChI is InChI=1S/C49H35N/c1-3-9-37(10-4-1)38-19-15-35(16-20-38)33-36-17-21-39(22-18-36)40-23-25-41(26-24-40)42-27-29-43(30-28-42)44-31-32-47-46-13-7-8-14-48(46)50(49(47)34-44)45-11-5-2-6-12-45/h1-32,34H,33H2. The molecule has 0 saturated carbocycles. The number of nitrogens with zero attached hydrogens (tertiary/aromatic N) is 1. The number of hydrogen-bond acceptors (Lipinski definition) is 0.